The fourth-order valence-electron chi connectivity index (χ4n) is 7.23. The van der Waals surface area contributed by atoms with Crippen LogP contribution in [0.1, 0.15) is 58.8 Å². The summed E-state index contributed by atoms with van der Waals surface area (Å²) in [4.78, 5) is 25.1. The summed E-state index contributed by atoms with van der Waals surface area (Å²) in [7, 11) is 2.58. The molecule has 2 amide bonds. The molecule has 22 nitrogen and oxygen atoms in total. The van der Waals surface area contributed by atoms with Crippen molar-refractivity contribution < 1.29 is 98.9 Å². The van der Waals surface area contributed by atoms with Gasteiger partial charge in [0, 0.05) is 27.7 Å². The van der Waals surface area contributed by atoms with Crippen molar-refractivity contribution in [3.8, 4) is 0 Å². The number of carbonyl (C=O) groups is 2. The summed E-state index contributed by atoms with van der Waals surface area (Å²) in [5, 5.41) is 119. The van der Waals surface area contributed by atoms with Crippen LogP contribution in [0.4, 0.5) is 0 Å². The van der Waals surface area contributed by atoms with E-state index in [1.54, 1.807) is 6.92 Å². The Morgan fingerprint density at radius 2 is 1.33 bits per heavy atom. The number of hydrogen-bond acceptors (Lipinski definition) is 20. The molecule has 0 saturated carbocycles. The third-order valence-corrected chi connectivity index (χ3v) is 10.7. The number of carbonyl (C=O) groups excluding carboxylic acids is 2. The minimum atomic E-state index is -1.81. The molecule has 0 aromatic rings. The van der Waals surface area contributed by atoms with Gasteiger partial charge in [0.25, 0.3) is 5.91 Å². The molecule has 13 N–H and O–H groups in total. The van der Waals surface area contributed by atoms with E-state index in [2.05, 4.69) is 10.6 Å². The van der Waals surface area contributed by atoms with E-state index in [0.29, 0.717) is 25.7 Å². The monoisotopic (exact) mass is 846 g/mol. The Balaban J connectivity index is 1.37. The van der Waals surface area contributed by atoms with Gasteiger partial charge in [-0.25, -0.2) is 0 Å². The lowest BCUT2D eigenvalue weighted by Crippen LogP contribution is -2.68. The third kappa shape index (κ3) is 13.6. The number of ether oxygens (including phenoxy) is 7. The van der Waals surface area contributed by atoms with Crippen LogP contribution in [0.25, 0.3) is 0 Å². The van der Waals surface area contributed by atoms with Gasteiger partial charge in [-0.2, -0.15) is 0 Å². The first-order valence-corrected chi connectivity index (χ1v) is 19.7. The van der Waals surface area contributed by atoms with E-state index < -0.39 is 141 Å². The standard InChI is InChI=1S/C36H66N2O20/c1-16-22(38-17(2)40)31(26(46)20(13-39)55-16)57-36-30(50)28(48)32(53-4)33(58-36)34(51)37-12-10-8-6-5-7-9-11-18(41)23(43)24(44)19(42)14-54-35-29(49)27(47)25(45)21(56-35)15-52-3/h16,18-33,35-36,39,41-50H,5-15H2,1-4H3,(H,37,51)(H,38,40)/t16-,18?,19?,20?,21?,22?,23-,24-,25-,26-,27+,28-,29?,30?,31-,32+,33?,35+,36-/m1/s1. The molecule has 3 fully saturated rings. The molecule has 58 heavy (non-hydrogen) atoms. The largest absolute Gasteiger partial charge is 0.394 e. The lowest BCUT2D eigenvalue weighted by Gasteiger charge is -2.47. The average molecular weight is 847 g/mol. The maximum absolute atomic E-state index is 13.2. The van der Waals surface area contributed by atoms with Crippen LogP contribution in [0.3, 0.4) is 0 Å². The number of nitrogens with one attached hydrogen (secondary N) is 2. The highest BCUT2D eigenvalue weighted by Gasteiger charge is 2.52. The van der Waals surface area contributed by atoms with Gasteiger partial charge in [-0.05, 0) is 19.8 Å². The van der Waals surface area contributed by atoms with Crippen molar-refractivity contribution in [1.82, 2.24) is 10.6 Å². The van der Waals surface area contributed by atoms with Crippen LogP contribution in [-0.4, -0.2) is 225 Å². The summed E-state index contributed by atoms with van der Waals surface area (Å²) < 4.78 is 38.1. The van der Waals surface area contributed by atoms with E-state index in [4.69, 9.17) is 33.2 Å². The van der Waals surface area contributed by atoms with Crippen molar-refractivity contribution in [1.29, 1.82) is 0 Å². The zero-order chi connectivity index (χ0) is 43.3. The molecule has 0 spiro atoms. The second kappa shape index (κ2) is 24.6. The predicted octanol–water partition coefficient (Wildman–Crippen LogP) is -5.76. The Morgan fingerprint density at radius 1 is 0.707 bits per heavy atom. The quantitative estimate of drug-likeness (QED) is 0.0426. The van der Waals surface area contributed by atoms with Gasteiger partial charge in [0.05, 0.1) is 38.1 Å². The number of unbranched alkanes of at least 4 members (excludes halogenated alkanes) is 5. The van der Waals surface area contributed by atoms with E-state index in [9.17, 15) is 65.8 Å². The molecule has 22 heteroatoms. The Bertz CT molecular complexity index is 1210. The smallest absolute Gasteiger partial charge is 0.252 e. The zero-order valence-corrected chi connectivity index (χ0v) is 33.3. The summed E-state index contributed by atoms with van der Waals surface area (Å²) in [6.07, 6.45) is -22.0. The molecule has 0 aromatic heterocycles. The lowest BCUT2D eigenvalue weighted by molar-refractivity contribution is -0.325. The van der Waals surface area contributed by atoms with Gasteiger partial charge in [-0.15, -0.1) is 0 Å². The fraction of sp³-hybridized carbons (Fsp3) is 0.944. The Morgan fingerprint density at radius 3 is 1.95 bits per heavy atom. The molecular weight excluding hydrogens is 780 g/mol. The number of aliphatic hydroxyl groups is 11. The third-order valence-electron chi connectivity index (χ3n) is 10.7. The number of methoxy groups -OCH3 is 2. The molecular formula is C36H66N2O20. The van der Waals surface area contributed by atoms with Crippen LogP contribution >= 0.6 is 0 Å². The van der Waals surface area contributed by atoms with Crippen LogP contribution < -0.4 is 10.6 Å². The molecule has 3 aliphatic rings. The molecule has 8 unspecified atom stereocenters. The molecule has 0 bridgehead atoms. The van der Waals surface area contributed by atoms with Gasteiger partial charge in [-0.1, -0.05) is 32.1 Å². The van der Waals surface area contributed by atoms with E-state index >= 15 is 0 Å². The van der Waals surface area contributed by atoms with Gasteiger partial charge in [-0.3, -0.25) is 9.59 Å². The summed E-state index contributed by atoms with van der Waals surface area (Å²) in [6, 6.07) is -0.934. The van der Waals surface area contributed by atoms with Crippen molar-refractivity contribution in [3.63, 3.8) is 0 Å². The fourth-order valence-corrected chi connectivity index (χ4v) is 7.23. The van der Waals surface area contributed by atoms with Crippen molar-refractivity contribution in [2.24, 2.45) is 0 Å². The Hall–Kier alpha value is -1.78. The van der Waals surface area contributed by atoms with Crippen molar-refractivity contribution in [2.75, 3.05) is 40.6 Å². The van der Waals surface area contributed by atoms with Gasteiger partial charge in [0.15, 0.2) is 18.7 Å². The maximum atomic E-state index is 13.2. The molecule has 19 atom stereocenters. The van der Waals surface area contributed by atoms with Gasteiger partial charge < -0.3 is 100.0 Å². The summed E-state index contributed by atoms with van der Waals surface area (Å²) in [5.74, 6) is -1.12. The zero-order valence-electron chi connectivity index (χ0n) is 33.3. The molecule has 340 valence electrons. The van der Waals surface area contributed by atoms with Gasteiger partial charge >= 0.3 is 0 Å². The van der Waals surface area contributed by atoms with Crippen LogP contribution in [0.2, 0.25) is 0 Å². The number of rotatable bonds is 23. The van der Waals surface area contributed by atoms with Gasteiger partial charge in [0.2, 0.25) is 5.91 Å². The minimum Gasteiger partial charge on any atom is -0.394 e. The van der Waals surface area contributed by atoms with Crippen LogP contribution in [0, 0.1) is 0 Å². The molecule has 3 heterocycles. The average Bonchev–Trinajstić information content (AvgIpc) is 3.19. The highest BCUT2D eigenvalue weighted by molar-refractivity contribution is 5.81. The van der Waals surface area contributed by atoms with Crippen molar-refractivity contribution in [2.45, 2.75) is 175 Å². The first-order chi connectivity index (χ1) is 27.5. The first-order valence-electron chi connectivity index (χ1n) is 19.7. The lowest BCUT2D eigenvalue weighted by atomic mass is 9.92. The molecule has 3 aliphatic heterocycles. The summed E-state index contributed by atoms with van der Waals surface area (Å²) >= 11 is 0. The summed E-state index contributed by atoms with van der Waals surface area (Å²) in [6.45, 7) is 1.75. The number of aliphatic hydroxyl groups excluding tert-OH is 11. The van der Waals surface area contributed by atoms with E-state index in [0.717, 1.165) is 12.8 Å². The molecule has 0 aromatic carbocycles. The maximum Gasteiger partial charge on any atom is 0.252 e. The second-order valence-electron chi connectivity index (χ2n) is 15.1. The van der Waals surface area contributed by atoms with Crippen LogP contribution in [-0.2, 0) is 42.7 Å². The molecule has 0 aliphatic carbocycles. The SMILES string of the molecule is COCC1O[C@H](OCC(O)[C@@H](O)[C@H](O)C(O)CCCCCCCCNC(=O)C2O[C@@H](O[C@@H]3C(NC(C)=O)[C@@H](C)OC(CO)[C@H]3O)C(O)[C@@H](O)[C@@H]2OC)C(O)[C@@H](O)[C@@H]1O. The van der Waals surface area contributed by atoms with Crippen molar-refractivity contribution >= 4 is 11.8 Å². The van der Waals surface area contributed by atoms with Gasteiger partial charge in [0.1, 0.15) is 79.4 Å². The second-order valence-corrected chi connectivity index (χ2v) is 15.1. The van der Waals surface area contributed by atoms with Crippen LogP contribution in [0.5, 0.6) is 0 Å². The first kappa shape index (κ1) is 50.6. The minimum absolute atomic E-state index is 0.116. The topological polar surface area (TPSA) is 345 Å². The summed E-state index contributed by atoms with van der Waals surface area (Å²) in [5.41, 5.74) is 0. The highest BCUT2D eigenvalue weighted by Crippen LogP contribution is 2.30. The number of amides is 2. The van der Waals surface area contributed by atoms with E-state index in [-0.39, 0.29) is 19.6 Å². The Kier molecular flexibility index (Phi) is 21.5. The number of hydrogen-bond donors (Lipinski definition) is 13. The van der Waals surface area contributed by atoms with Crippen molar-refractivity contribution in [3.05, 3.63) is 0 Å². The molecule has 0 radical (unpaired) electrons. The Labute approximate surface area is 336 Å². The van der Waals surface area contributed by atoms with E-state index in [1.807, 2.05) is 0 Å². The molecule has 3 rings (SSSR count). The van der Waals surface area contributed by atoms with E-state index in [1.165, 1.54) is 21.1 Å². The highest BCUT2D eigenvalue weighted by atomic mass is 16.7. The normalized spacial score (nSPS) is 37.7. The van der Waals surface area contributed by atoms with Crippen LogP contribution in [0.15, 0.2) is 0 Å². The predicted molar refractivity (Wildman–Crippen MR) is 195 cm³/mol. The molecule has 3 saturated heterocycles.